The maximum atomic E-state index is 11.7. The summed E-state index contributed by atoms with van der Waals surface area (Å²) in [6.45, 7) is 5.19. The van der Waals surface area contributed by atoms with Crippen LogP contribution in [0.5, 0.6) is 0 Å². The van der Waals surface area contributed by atoms with Crippen LogP contribution in [0.15, 0.2) is 0 Å². The maximum Gasteiger partial charge on any atom is 0.239 e. The molecule has 1 unspecified atom stereocenters. The van der Waals surface area contributed by atoms with Gasteiger partial charge < -0.3 is 15.4 Å². The first-order valence-corrected chi connectivity index (χ1v) is 5.65. The highest BCUT2D eigenvalue weighted by Crippen LogP contribution is 2.12. The first kappa shape index (κ1) is 12.5. The second-order valence-electron chi connectivity index (χ2n) is 4.57. The molecule has 0 aromatic rings. The lowest BCUT2D eigenvalue weighted by atomic mass is 10.0. The summed E-state index contributed by atoms with van der Waals surface area (Å²) < 4.78 is 5.54. The van der Waals surface area contributed by atoms with E-state index in [2.05, 4.69) is 10.6 Å². The largest absolute Gasteiger partial charge is 0.376 e. The highest BCUT2D eigenvalue weighted by Gasteiger charge is 2.25. The van der Waals surface area contributed by atoms with Gasteiger partial charge in [0.15, 0.2) is 0 Å². The molecule has 1 aliphatic heterocycles. The van der Waals surface area contributed by atoms with E-state index in [0.29, 0.717) is 6.54 Å². The van der Waals surface area contributed by atoms with Crippen LogP contribution in [-0.4, -0.2) is 37.7 Å². The van der Waals surface area contributed by atoms with Crippen LogP contribution in [0.2, 0.25) is 0 Å². The molecule has 0 aliphatic carbocycles. The van der Waals surface area contributed by atoms with Crippen LogP contribution in [-0.2, 0) is 9.53 Å². The number of hydrogen-bond acceptors (Lipinski definition) is 3. The molecule has 15 heavy (non-hydrogen) atoms. The number of nitrogens with one attached hydrogen (secondary N) is 2. The normalized spacial score (nSPS) is 22.5. The average Bonchev–Trinajstić information content (AvgIpc) is 2.27. The monoisotopic (exact) mass is 214 g/mol. The highest BCUT2D eigenvalue weighted by atomic mass is 16.5. The summed E-state index contributed by atoms with van der Waals surface area (Å²) >= 11 is 0. The Morgan fingerprint density at radius 2 is 2.20 bits per heavy atom. The van der Waals surface area contributed by atoms with Crippen LogP contribution in [0.4, 0.5) is 0 Å². The van der Waals surface area contributed by atoms with Gasteiger partial charge in [0.25, 0.3) is 0 Å². The molecule has 4 nitrogen and oxygen atoms in total. The fourth-order valence-corrected chi connectivity index (χ4v) is 1.51. The second kappa shape index (κ2) is 5.47. The Balaban J connectivity index is 2.26. The van der Waals surface area contributed by atoms with Crippen molar-refractivity contribution in [1.29, 1.82) is 0 Å². The summed E-state index contributed by atoms with van der Waals surface area (Å²) in [5.74, 6) is 0.0270. The number of carbonyl (C=O) groups is 1. The van der Waals surface area contributed by atoms with Crippen molar-refractivity contribution in [2.24, 2.45) is 0 Å². The van der Waals surface area contributed by atoms with Gasteiger partial charge in [-0.3, -0.25) is 4.79 Å². The van der Waals surface area contributed by atoms with Crippen molar-refractivity contribution < 1.29 is 9.53 Å². The molecule has 0 spiro atoms. The van der Waals surface area contributed by atoms with E-state index in [1.165, 1.54) is 6.42 Å². The number of likely N-dealkylation sites (N-methyl/N-ethyl adjacent to an activating group) is 1. The van der Waals surface area contributed by atoms with E-state index in [0.717, 1.165) is 19.4 Å². The Morgan fingerprint density at radius 3 is 2.73 bits per heavy atom. The van der Waals surface area contributed by atoms with Crippen molar-refractivity contribution in [2.75, 3.05) is 20.2 Å². The molecular weight excluding hydrogens is 192 g/mol. The minimum Gasteiger partial charge on any atom is -0.376 e. The zero-order valence-electron chi connectivity index (χ0n) is 9.93. The van der Waals surface area contributed by atoms with Crippen molar-refractivity contribution in [2.45, 2.75) is 44.8 Å². The average molecular weight is 214 g/mol. The standard InChI is InChI=1S/C11H22N2O2/c1-11(2,12-3)10(14)13-8-9-6-4-5-7-15-9/h9,12H,4-8H2,1-3H3,(H,13,14). The second-order valence-corrected chi connectivity index (χ2v) is 4.57. The fourth-order valence-electron chi connectivity index (χ4n) is 1.51. The van der Waals surface area contributed by atoms with Gasteiger partial charge in [0.2, 0.25) is 5.91 Å². The molecule has 0 radical (unpaired) electrons. The van der Waals surface area contributed by atoms with Crippen molar-refractivity contribution in [3.8, 4) is 0 Å². The van der Waals surface area contributed by atoms with Gasteiger partial charge in [0.05, 0.1) is 11.6 Å². The number of amides is 1. The molecule has 1 atom stereocenters. The van der Waals surface area contributed by atoms with Gasteiger partial charge in [0, 0.05) is 13.2 Å². The van der Waals surface area contributed by atoms with Gasteiger partial charge in [-0.1, -0.05) is 0 Å². The van der Waals surface area contributed by atoms with Crippen LogP contribution in [0.25, 0.3) is 0 Å². The predicted molar refractivity (Wildman–Crippen MR) is 59.7 cm³/mol. The Hall–Kier alpha value is -0.610. The summed E-state index contributed by atoms with van der Waals surface area (Å²) in [5.41, 5.74) is -0.505. The molecule has 1 saturated heterocycles. The third kappa shape index (κ3) is 3.80. The predicted octanol–water partition coefficient (Wildman–Crippen LogP) is 0.670. The smallest absolute Gasteiger partial charge is 0.239 e. The lowest BCUT2D eigenvalue weighted by molar-refractivity contribution is -0.127. The Bertz CT molecular complexity index is 211. The summed E-state index contributed by atoms with van der Waals surface area (Å²) in [6.07, 6.45) is 3.61. The first-order valence-electron chi connectivity index (χ1n) is 5.65. The Labute approximate surface area is 91.8 Å². The lowest BCUT2D eigenvalue weighted by Crippen LogP contribution is -2.52. The van der Waals surface area contributed by atoms with Gasteiger partial charge in [-0.2, -0.15) is 0 Å². The molecule has 1 rings (SSSR count). The van der Waals surface area contributed by atoms with Gasteiger partial charge in [-0.15, -0.1) is 0 Å². The van der Waals surface area contributed by atoms with Crippen LogP contribution in [0.3, 0.4) is 0 Å². The lowest BCUT2D eigenvalue weighted by Gasteiger charge is -2.26. The van der Waals surface area contributed by atoms with Crippen molar-refractivity contribution in [3.63, 3.8) is 0 Å². The van der Waals surface area contributed by atoms with Crippen LogP contribution in [0, 0.1) is 0 Å². The minimum absolute atomic E-state index is 0.0270. The van der Waals surface area contributed by atoms with Crippen molar-refractivity contribution in [1.82, 2.24) is 10.6 Å². The molecule has 0 aromatic heterocycles. The molecule has 2 N–H and O–H groups in total. The maximum absolute atomic E-state index is 11.7. The molecule has 0 saturated carbocycles. The van der Waals surface area contributed by atoms with Crippen LogP contribution in [0.1, 0.15) is 33.1 Å². The van der Waals surface area contributed by atoms with Crippen molar-refractivity contribution in [3.05, 3.63) is 0 Å². The number of rotatable bonds is 4. The summed E-state index contributed by atoms with van der Waals surface area (Å²) in [7, 11) is 1.79. The SMILES string of the molecule is CNC(C)(C)C(=O)NCC1CCCCO1. The molecule has 1 aliphatic rings. The molecule has 0 aromatic carbocycles. The van der Waals surface area contributed by atoms with E-state index < -0.39 is 5.54 Å². The van der Waals surface area contributed by atoms with Gasteiger partial charge >= 0.3 is 0 Å². The van der Waals surface area contributed by atoms with E-state index in [9.17, 15) is 4.79 Å². The number of hydrogen-bond donors (Lipinski definition) is 2. The van der Waals surface area contributed by atoms with Gasteiger partial charge in [0.1, 0.15) is 0 Å². The summed E-state index contributed by atoms with van der Waals surface area (Å²) in [6, 6.07) is 0. The highest BCUT2D eigenvalue weighted by molar-refractivity contribution is 5.85. The van der Waals surface area contributed by atoms with E-state index >= 15 is 0 Å². The van der Waals surface area contributed by atoms with E-state index in [1.54, 1.807) is 7.05 Å². The topological polar surface area (TPSA) is 50.4 Å². The molecule has 88 valence electrons. The summed E-state index contributed by atoms with van der Waals surface area (Å²) in [5, 5.41) is 5.89. The quantitative estimate of drug-likeness (QED) is 0.723. The molecular formula is C11H22N2O2. The molecule has 1 amide bonds. The van der Waals surface area contributed by atoms with Crippen LogP contribution < -0.4 is 10.6 Å². The summed E-state index contributed by atoms with van der Waals surface area (Å²) in [4.78, 5) is 11.7. The van der Waals surface area contributed by atoms with E-state index in [1.807, 2.05) is 13.8 Å². The Morgan fingerprint density at radius 1 is 1.47 bits per heavy atom. The molecule has 1 fully saturated rings. The van der Waals surface area contributed by atoms with E-state index in [4.69, 9.17) is 4.74 Å². The molecule has 1 heterocycles. The molecule has 4 heteroatoms. The van der Waals surface area contributed by atoms with Crippen molar-refractivity contribution >= 4 is 5.91 Å². The number of ether oxygens (including phenoxy) is 1. The molecule has 0 bridgehead atoms. The van der Waals surface area contributed by atoms with Gasteiger partial charge in [-0.25, -0.2) is 0 Å². The number of carbonyl (C=O) groups excluding carboxylic acids is 1. The minimum atomic E-state index is -0.505. The first-order chi connectivity index (χ1) is 7.06. The third-order valence-electron chi connectivity index (χ3n) is 2.96. The zero-order valence-corrected chi connectivity index (χ0v) is 9.93. The van der Waals surface area contributed by atoms with Gasteiger partial charge in [-0.05, 0) is 40.2 Å². The Kier molecular flexibility index (Phi) is 4.54. The van der Waals surface area contributed by atoms with Crippen LogP contribution >= 0.6 is 0 Å². The zero-order chi connectivity index (χ0) is 11.3. The third-order valence-corrected chi connectivity index (χ3v) is 2.96. The fraction of sp³-hybridized carbons (Fsp3) is 0.909. The van der Waals surface area contributed by atoms with E-state index in [-0.39, 0.29) is 12.0 Å².